The van der Waals surface area contributed by atoms with Crippen LogP contribution in [0.3, 0.4) is 0 Å². The lowest BCUT2D eigenvalue weighted by Gasteiger charge is -2.38. The van der Waals surface area contributed by atoms with Crippen molar-refractivity contribution in [3.05, 3.63) is 169 Å². The molecule has 1 aromatic heterocycles. The molecule has 10 rings (SSSR count). The SMILES string of the molecule is BC(B)(O)C(B)(B)c1nc2ccccc2n1-c1ccc2cc(-c3c4ccccc4c(-c4ccc5c(c4)C(C)(C)c4ccccc4-5)c4ccccc34)ccc2c1. The van der Waals surface area contributed by atoms with Crippen LogP contribution in [0.4, 0.5) is 0 Å². The Balaban J connectivity index is 1.14. The zero-order valence-electron chi connectivity index (χ0n) is 32.3. The predicted molar refractivity (Wildman–Crippen MR) is 243 cm³/mol. The van der Waals surface area contributed by atoms with Crippen LogP contribution in [0.2, 0.25) is 0 Å². The Bertz CT molecular complexity index is 2990. The van der Waals surface area contributed by atoms with Gasteiger partial charge in [-0.2, -0.15) is 0 Å². The van der Waals surface area contributed by atoms with Gasteiger partial charge >= 0.3 is 0 Å². The lowest BCUT2D eigenvalue weighted by molar-refractivity contribution is 0.189. The summed E-state index contributed by atoms with van der Waals surface area (Å²) in [6.45, 7) is 4.72. The van der Waals surface area contributed by atoms with Gasteiger partial charge in [0.2, 0.25) is 0 Å². The maximum absolute atomic E-state index is 11.3. The number of aliphatic hydroxyl groups is 1. The Morgan fingerprint density at radius 2 is 1.07 bits per heavy atom. The number of nitrogens with zero attached hydrogens (tertiary/aromatic N) is 2. The monoisotopic (exact) mass is 704 g/mol. The Morgan fingerprint density at radius 1 is 0.545 bits per heavy atom. The van der Waals surface area contributed by atoms with Crippen molar-refractivity contribution in [2.45, 2.75) is 29.9 Å². The summed E-state index contributed by atoms with van der Waals surface area (Å²) >= 11 is 0. The number of para-hydroxylation sites is 2. The van der Waals surface area contributed by atoms with E-state index >= 15 is 0 Å². The quantitative estimate of drug-likeness (QED) is 0.149. The van der Waals surface area contributed by atoms with Crippen molar-refractivity contribution in [2.75, 3.05) is 0 Å². The molecule has 55 heavy (non-hydrogen) atoms. The molecule has 0 bridgehead atoms. The van der Waals surface area contributed by atoms with Crippen molar-refractivity contribution in [3.63, 3.8) is 0 Å². The average Bonchev–Trinajstić information content (AvgIpc) is 3.69. The highest BCUT2D eigenvalue weighted by Crippen LogP contribution is 2.51. The lowest BCUT2D eigenvalue weighted by Crippen LogP contribution is -2.55. The molecule has 0 atom stereocenters. The molecule has 260 valence electrons. The van der Waals surface area contributed by atoms with Gasteiger partial charge < -0.3 is 5.11 Å². The van der Waals surface area contributed by atoms with Crippen LogP contribution in [-0.2, 0) is 10.6 Å². The van der Waals surface area contributed by atoms with Crippen LogP contribution in [0.1, 0.15) is 30.8 Å². The normalized spacial score (nSPS) is 13.8. The van der Waals surface area contributed by atoms with Gasteiger partial charge in [-0.1, -0.05) is 129 Å². The van der Waals surface area contributed by atoms with E-state index in [2.05, 4.69) is 174 Å². The molecule has 0 fully saturated rings. The first-order chi connectivity index (χ1) is 26.4. The number of aromatic nitrogens is 2. The Morgan fingerprint density at radius 3 is 1.75 bits per heavy atom. The molecule has 0 unspecified atom stereocenters. The van der Waals surface area contributed by atoms with Gasteiger partial charge in [0, 0.05) is 11.1 Å². The van der Waals surface area contributed by atoms with Gasteiger partial charge in [-0.25, -0.2) is 4.98 Å². The topological polar surface area (TPSA) is 38.1 Å². The van der Waals surface area contributed by atoms with Crippen LogP contribution in [-0.4, -0.2) is 51.4 Å². The first kappa shape index (κ1) is 33.8. The van der Waals surface area contributed by atoms with Crippen LogP contribution in [0.5, 0.6) is 0 Å². The highest BCUT2D eigenvalue weighted by atomic mass is 16.3. The van der Waals surface area contributed by atoms with Crippen molar-refractivity contribution in [1.82, 2.24) is 9.55 Å². The smallest absolute Gasteiger partial charge is 0.131 e. The highest BCUT2D eigenvalue weighted by Gasteiger charge is 2.40. The average molecular weight is 704 g/mol. The molecule has 1 N–H and O–H groups in total. The standard InChI is InChI=1S/C48H40B4N2O/c1-46(2)39-16-8-7-11-33(39)34-24-22-31(27-40(34)46)44-37-14-5-3-12-35(37)43(36-13-4-6-15-38(36)44)30-20-19-29-26-32(23-21-28(29)25-30)54-42-18-10-9-17-41(42)53-45(54)47(49,50)48(51,52)55/h3-27,55H,49-52H2,1-2H3. The van der Waals surface area contributed by atoms with Gasteiger partial charge in [-0.05, 0) is 124 Å². The van der Waals surface area contributed by atoms with Crippen molar-refractivity contribution in [2.24, 2.45) is 0 Å². The van der Waals surface area contributed by atoms with E-state index in [4.69, 9.17) is 4.98 Å². The Labute approximate surface area is 325 Å². The molecular formula is C48H40B4N2O. The van der Waals surface area contributed by atoms with E-state index in [-0.39, 0.29) is 5.41 Å². The second-order valence-electron chi connectivity index (χ2n) is 17.0. The van der Waals surface area contributed by atoms with E-state index in [0.717, 1.165) is 27.9 Å². The second kappa shape index (κ2) is 11.9. The summed E-state index contributed by atoms with van der Waals surface area (Å²) in [6.07, 6.45) is 0. The maximum Gasteiger partial charge on any atom is 0.131 e. The van der Waals surface area contributed by atoms with Crippen molar-refractivity contribution in [3.8, 4) is 39.1 Å². The maximum atomic E-state index is 11.3. The summed E-state index contributed by atoms with van der Waals surface area (Å²) in [6, 6.07) is 55.6. The molecule has 1 heterocycles. The molecule has 7 heteroatoms. The largest absolute Gasteiger partial charge is 0.408 e. The first-order valence-electron chi connectivity index (χ1n) is 19.4. The zero-order chi connectivity index (χ0) is 37.9. The number of hydrogen-bond donors (Lipinski definition) is 1. The van der Waals surface area contributed by atoms with Gasteiger partial charge in [0.15, 0.2) is 0 Å². The molecule has 0 radical (unpaired) electrons. The van der Waals surface area contributed by atoms with E-state index in [1.807, 2.05) is 27.8 Å². The van der Waals surface area contributed by atoms with Crippen LogP contribution >= 0.6 is 0 Å². The molecular weight excluding hydrogens is 664 g/mol. The van der Waals surface area contributed by atoms with E-state index < -0.39 is 10.6 Å². The number of hydrogen-bond acceptors (Lipinski definition) is 2. The van der Waals surface area contributed by atoms with E-state index in [0.29, 0.717) is 0 Å². The summed E-state index contributed by atoms with van der Waals surface area (Å²) < 4.78 is 2.22. The molecule has 0 aliphatic heterocycles. The molecule has 0 saturated heterocycles. The number of benzene rings is 8. The summed E-state index contributed by atoms with van der Waals surface area (Å²) in [4.78, 5) is 5.08. The van der Waals surface area contributed by atoms with E-state index in [1.165, 1.54) is 71.4 Å². The zero-order valence-corrected chi connectivity index (χ0v) is 32.3. The summed E-state index contributed by atoms with van der Waals surface area (Å²) in [7, 11) is 7.87. The Hall–Kier alpha value is -5.77. The fourth-order valence-corrected chi connectivity index (χ4v) is 9.12. The van der Waals surface area contributed by atoms with Gasteiger partial charge in [-0.3, -0.25) is 4.57 Å². The summed E-state index contributed by atoms with van der Waals surface area (Å²) in [5, 5.41) is 17.0. The molecule has 0 amide bonds. The number of imidazole rings is 1. The van der Waals surface area contributed by atoms with Gasteiger partial charge in [0.25, 0.3) is 0 Å². The lowest BCUT2D eigenvalue weighted by atomic mass is 9.35. The Kier molecular flexibility index (Phi) is 7.28. The van der Waals surface area contributed by atoms with Gasteiger partial charge in [-0.15, -0.1) is 0 Å². The van der Waals surface area contributed by atoms with E-state index in [9.17, 15) is 5.11 Å². The number of fused-ring (bicyclic) bond motifs is 7. The van der Waals surface area contributed by atoms with Crippen LogP contribution < -0.4 is 0 Å². The number of rotatable bonds is 5. The van der Waals surface area contributed by atoms with Crippen molar-refractivity contribution in [1.29, 1.82) is 0 Å². The van der Waals surface area contributed by atoms with Crippen LogP contribution in [0, 0.1) is 0 Å². The van der Waals surface area contributed by atoms with Crippen LogP contribution in [0.25, 0.3) is 82.4 Å². The molecule has 8 aromatic carbocycles. The summed E-state index contributed by atoms with van der Waals surface area (Å²) in [5.41, 5.74) is 13.4. The third-order valence-electron chi connectivity index (χ3n) is 12.8. The molecule has 9 aromatic rings. The van der Waals surface area contributed by atoms with Crippen molar-refractivity contribution < 1.29 is 5.11 Å². The third kappa shape index (κ3) is 4.96. The minimum absolute atomic E-state index is 0.0728. The van der Waals surface area contributed by atoms with Gasteiger partial charge in [0.1, 0.15) is 37.2 Å². The highest BCUT2D eigenvalue weighted by molar-refractivity contribution is 6.53. The fourth-order valence-electron chi connectivity index (χ4n) is 9.12. The summed E-state index contributed by atoms with van der Waals surface area (Å²) in [5.74, 6) is 0.840. The third-order valence-corrected chi connectivity index (χ3v) is 12.8. The van der Waals surface area contributed by atoms with Gasteiger partial charge in [0.05, 0.1) is 11.0 Å². The molecule has 1 aliphatic carbocycles. The van der Waals surface area contributed by atoms with Crippen molar-refractivity contribution >= 4 is 74.7 Å². The fraction of sp³-hybridized carbons (Fsp3) is 0.104. The predicted octanol–water partition coefficient (Wildman–Crippen LogP) is 7.46. The minimum atomic E-state index is -0.984. The molecule has 0 saturated carbocycles. The molecule has 0 spiro atoms. The second-order valence-corrected chi connectivity index (χ2v) is 17.0. The minimum Gasteiger partial charge on any atom is -0.408 e. The van der Waals surface area contributed by atoms with Crippen LogP contribution in [0.15, 0.2) is 152 Å². The molecule has 3 nitrogen and oxygen atoms in total. The van der Waals surface area contributed by atoms with E-state index in [1.54, 1.807) is 0 Å². The molecule has 1 aliphatic rings. The first-order valence-corrected chi connectivity index (χ1v) is 19.4.